The molecular weight excluding hydrogens is 479 g/mol. The van der Waals surface area contributed by atoms with Gasteiger partial charge in [-0.15, -0.1) is 11.3 Å². The molecule has 2 heterocycles. The van der Waals surface area contributed by atoms with Crippen molar-refractivity contribution in [3.63, 3.8) is 0 Å². The Balaban J connectivity index is 1.54. The third-order valence-corrected chi connectivity index (χ3v) is 7.82. The Morgan fingerprint density at radius 1 is 1.19 bits per heavy atom. The van der Waals surface area contributed by atoms with Crippen molar-refractivity contribution in [2.75, 3.05) is 19.0 Å². The highest BCUT2D eigenvalue weighted by Gasteiger charge is 2.24. The predicted molar refractivity (Wildman–Crippen MR) is 142 cm³/mol. The van der Waals surface area contributed by atoms with Crippen LogP contribution in [0, 0.1) is 18.7 Å². The zero-order valence-corrected chi connectivity index (χ0v) is 22.2. The number of nitrogens with one attached hydrogen (secondary N) is 2. The summed E-state index contributed by atoms with van der Waals surface area (Å²) in [6, 6.07) is 4.45. The van der Waals surface area contributed by atoms with Gasteiger partial charge in [-0.25, -0.2) is 14.4 Å². The van der Waals surface area contributed by atoms with Gasteiger partial charge >= 0.3 is 0 Å². The van der Waals surface area contributed by atoms with Gasteiger partial charge in [0.2, 0.25) is 0 Å². The number of nitrogens with zero attached hydrogens (tertiary/aromatic N) is 2. The summed E-state index contributed by atoms with van der Waals surface area (Å²) in [5.74, 6) is 1.16. The highest BCUT2D eigenvalue weighted by molar-refractivity contribution is 7.20. The fourth-order valence-electron chi connectivity index (χ4n) is 4.57. The van der Waals surface area contributed by atoms with Crippen molar-refractivity contribution in [3.05, 3.63) is 40.8 Å². The van der Waals surface area contributed by atoms with Crippen molar-refractivity contribution in [1.29, 1.82) is 0 Å². The average Bonchev–Trinajstić information content (AvgIpc) is 3.21. The van der Waals surface area contributed by atoms with E-state index in [-0.39, 0.29) is 23.9 Å². The molecule has 1 aliphatic carbocycles. The summed E-state index contributed by atoms with van der Waals surface area (Å²) in [5.41, 5.74) is 1.44. The minimum Gasteiger partial charge on any atom is -0.488 e. The molecule has 2 N–H and O–H groups in total. The Labute approximate surface area is 215 Å². The van der Waals surface area contributed by atoms with Crippen molar-refractivity contribution in [2.24, 2.45) is 5.92 Å². The lowest BCUT2D eigenvalue weighted by Gasteiger charge is -2.28. The van der Waals surface area contributed by atoms with Gasteiger partial charge in [0.25, 0.3) is 5.91 Å². The summed E-state index contributed by atoms with van der Waals surface area (Å²) in [7, 11) is 1.73. The predicted octanol–water partition coefficient (Wildman–Crippen LogP) is 6.38. The van der Waals surface area contributed by atoms with Crippen LogP contribution in [0.2, 0.25) is 0 Å². The molecule has 0 bridgehead atoms. The molecule has 2 aromatic heterocycles. The van der Waals surface area contributed by atoms with Crippen LogP contribution in [0.15, 0.2) is 24.5 Å². The van der Waals surface area contributed by atoms with Gasteiger partial charge in [0.05, 0.1) is 28.2 Å². The van der Waals surface area contributed by atoms with E-state index in [2.05, 4.69) is 34.4 Å². The van der Waals surface area contributed by atoms with Gasteiger partial charge in [0.15, 0.2) is 0 Å². The lowest BCUT2D eigenvalue weighted by molar-refractivity contribution is 0.0329. The van der Waals surface area contributed by atoms with Gasteiger partial charge in [-0.2, -0.15) is 0 Å². The fraction of sp³-hybridized carbons (Fsp3) is 0.519. The fourth-order valence-corrected chi connectivity index (χ4v) is 5.63. The van der Waals surface area contributed by atoms with E-state index in [9.17, 15) is 9.18 Å². The second-order valence-electron chi connectivity index (χ2n) is 9.77. The molecule has 7 nitrogen and oxygen atoms in total. The summed E-state index contributed by atoms with van der Waals surface area (Å²) >= 11 is 1.35. The number of amides is 1. The van der Waals surface area contributed by atoms with E-state index in [0.29, 0.717) is 34.6 Å². The lowest BCUT2D eigenvalue weighted by Crippen LogP contribution is -2.27. The topological polar surface area (TPSA) is 85.4 Å². The molecular formula is C27H35FN4O3S. The SMILES string of the molecule is COC1CCC(Oc2cc(F)ccc2Nc2ncnc3sc(C(=O)NCCCC(C)C)c(C)c23)CC1. The maximum atomic E-state index is 14.1. The maximum Gasteiger partial charge on any atom is 0.261 e. The Hall–Kier alpha value is -2.78. The minimum absolute atomic E-state index is 0.00181. The van der Waals surface area contributed by atoms with E-state index >= 15 is 0 Å². The van der Waals surface area contributed by atoms with E-state index in [1.54, 1.807) is 13.2 Å². The Morgan fingerprint density at radius 3 is 2.67 bits per heavy atom. The number of carbonyl (C=O) groups excluding carboxylic acids is 1. The van der Waals surface area contributed by atoms with Gasteiger partial charge in [-0.1, -0.05) is 13.8 Å². The van der Waals surface area contributed by atoms with Crippen LogP contribution in [0.25, 0.3) is 10.2 Å². The molecule has 194 valence electrons. The van der Waals surface area contributed by atoms with Gasteiger partial charge in [0, 0.05) is 19.7 Å². The van der Waals surface area contributed by atoms with Gasteiger partial charge in [0.1, 0.15) is 28.5 Å². The smallest absolute Gasteiger partial charge is 0.261 e. The number of fused-ring (bicyclic) bond motifs is 1. The highest BCUT2D eigenvalue weighted by Crippen LogP contribution is 2.37. The van der Waals surface area contributed by atoms with Crippen LogP contribution in [0.1, 0.15) is 67.6 Å². The maximum absolute atomic E-state index is 14.1. The largest absolute Gasteiger partial charge is 0.488 e. The molecule has 1 amide bonds. The molecule has 4 rings (SSSR count). The van der Waals surface area contributed by atoms with E-state index in [0.717, 1.165) is 54.3 Å². The van der Waals surface area contributed by atoms with Crippen LogP contribution in [0.3, 0.4) is 0 Å². The first-order valence-electron chi connectivity index (χ1n) is 12.6. The minimum atomic E-state index is -0.364. The molecule has 0 radical (unpaired) electrons. The average molecular weight is 515 g/mol. The third-order valence-electron chi connectivity index (χ3n) is 6.62. The number of aryl methyl sites for hydroxylation is 1. The molecule has 3 aromatic rings. The molecule has 36 heavy (non-hydrogen) atoms. The molecule has 1 saturated carbocycles. The van der Waals surface area contributed by atoms with Crippen molar-refractivity contribution in [3.8, 4) is 5.75 Å². The van der Waals surface area contributed by atoms with Crippen LogP contribution in [0.5, 0.6) is 5.75 Å². The van der Waals surface area contributed by atoms with Crippen LogP contribution in [-0.2, 0) is 4.74 Å². The summed E-state index contributed by atoms with van der Waals surface area (Å²) in [6.07, 6.45) is 7.29. The van der Waals surface area contributed by atoms with Crippen molar-refractivity contribution < 1.29 is 18.7 Å². The second kappa shape index (κ2) is 12.0. The normalized spacial score (nSPS) is 17.9. The molecule has 9 heteroatoms. The monoisotopic (exact) mass is 514 g/mol. The van der Waals surface area contributed by atoms with Crippen molar-refractivity contribution in [2.45, 2.75) is 71.5 Å². The van der Waals surface area contributed by atoms with Crippen LogP contribution < -0.4 is 15.4 Å². The molecule has 0 unspecified atom stereocenters. The standard InChI is InChI=1S/C27H35FN4O3S/c1-16(2)6-5-13-29-26(33)24-17(3)23-25(30-15-31-27(23)36-24)32-21-12-7-18(28)14-22(21)35-20-10-8-19(34-4)9-11-20/h7,12,14-16,19-20H,5-6,8-11,13H2,1-4H3,(H,29,33)(H,30,31,32). The molecule has 0 atom stereocenters. The first kappa shape index (κ1) is 26.3. The van der Waals surface area contributed by atoms with Crippen LogP contribution in [0.4, 0.5) is 15.9 Å². The number of halogens is 1. The van der Waals surface area contributed by atoms with E-state index < -0.39 is 0 Å². The zero-order valence-electron chi connectivity index (χ0n) is 21.4. The molecule has 0 aliphatic heterocycles. The second-order valence-corrected chi connectivity index (χ2v) is 10.8. The Kier molecular flexibility index (Phi) is 8.74. The Morgan fingerprint density at radius 2 is 1.94 bits per heavy atom. The van der Waals surface area contributed by atoms with Gasteiger partial charge < -0.3 is 20.1 Å². The van der Waals surface area contributed by atoms with Crippen molar-refractivity contribution in [1.82, 2.24) is 15.3 Å². The third kappa shape index (κ3) is 6.31. The summed E-state index contributed by atoms with van der Waals surface area (Å²) in [5, 5.41) is 7.13. The first-order valence-corrected chi connectivity index (χ1v) is 13.5. The van der Waals surface area contributed by atoms with Crippen molar-refractivity contribution >= 4 is 39.0 Å². The molecule has 0 saturated heterocycles. The number of rotatable bonds is 10. The van der Waals surface area contributed by atoms with Crippen LogP contribution in [-0.4, -0.2) is 41.7 Å². The number of benzene rings is 1. The molecule has 1 aromatic carbocycles. The lowest BCUT2D eigenvalue weighted by atomic mass is 9.95. The highest BCUT2D eigenvalue weighted by atomic mass is 32.1. The number of hydrogen-bond acceptors (Lipinski definition) is 7. The first-order chi connectivity index (χ1) is 17.4. The van der Waals surface area contributed by atoms with E-state index in [1.165, 1.54) is 29.8 Å². The number of methoxy groups -OCH3 is 1. The number of thiophene rings is 1. The Bertz CT molecular complexity index is 1190. The summed E-state index contributed by atoms with van der Waals surface area (Å²) in [4.78, 5) is 23.1. The van der Waals surface area contributed by atoms with Crippen LogP contribution >= 0.6 is 11.3 Å². The summed E-state index contributed by atoms with van der Waals surface area (Å²) < 4.78 is 25.8. The number of aromatic nitrogens is 2. The number of ether oxygens (including phenoxy) is 2. The van der Waals surface area contributed by atoms with E-state index in [1.807, 2.05) is 6.92 Å². The molecule has 1 aliphatic rings. The van der Waals surface area contributed by atoms with Gasteiger partial charge in [-0.05, 0) is 69.1 Å². The molecule has 1 fully saturated rings. The van der Waals surface area contributed by atoms with Gasteiger partial charge in [-0.3, -0.25) is 4.79 Å². The summed E-state index contributed by atoms with van der Waals surface area (Å²) in [6.45, 7) is 6.90. The number of hydrogen-bond donors (Lipinski definition) is 2. The quantitative estimate of drug-likeness (QED) is 0.305. The number of carbonyl (C=O) groups is 1. The molecule has 0 spiro atoms. The van der Waals surface area contributed by atoms with E-state index in [4.69, 9.17) is 9.47 Å². The number of anilines is 2. The zero-order chi connectivity index (χ0) is 25.7.